The van der Waals surface area contributed by atoms with E-state index < -0.39 is 0 Å². The van der Waals surface area contributed by atoms with Crippen molar-refractivity contribution in [2.75, 3.05) is 20.7 Å². The van der Waals surface area contributed by atoms with Crippen LogP contribution in [0.2, 0.25) is 0 Å². The minimum Gasteiger partial charge on any atom is -0.494 e. The Morgan fingerprint density at radius 1 is 0.885 bits per heavy atom. The molecule has 0 bridgehead atoms. The highest BCUT2D eigenvalue weighted by atomic mass is 16.5. The summed E-state index contributed by atoms with van der Waals surface area (Å²) >= 11 is 0. The summed E-state index contributed by atoms with van der Waals surface area (Å²) in [5.74, 6) is 0.859. The highest BCUT2D eigenvalue weighted by Gasteiger charge is 2.02. The molecule has 0 fully saturated rings. The molecular weight excluding hydrogens is 326 g/mol. The van der Waals surface area contributed by atoms with Crippen molar-refractivity contribution in [2.45, 2.75) is 33.0 Å². The highest BCUT2D eigenvalue weighted by Crippen LogP contribution is 2.12. The average Bonchev–Trinajstić information content (AvgIpc) is 2.64. The first-order valence-electron chi connectivity index (χ1n) is 9.03. The predicted octanol–water partition coefficient (Wildman–Crippen LogP) is 3.54. The van der Waals surface area contributed by atoms with Crippen molar-refractivity contribution in [1.29, 1.82) is 0 Å². The topological polar surface area (TPSA) is 53.6 Å². The second kappa shape index (κ2) is 10.5. The van der Waals surface area contributed by atoms with Gasteiger partial charge < -0.3 is 20.3 Å². The molecule has 0 atom stereocenters. The van der Waals surface area contributed by atoms with Crippen LogP contribution in [0.1, 0.15) is 30.0 Å². The fraction of sp³-hybridized carbons (Fsp3) is 0.381. The third-order valence-electron chi connectivity index (χ3n) is 3.82. The summed E-state index contributed by atoms with van der Waals surface area (Å²) in [6, 6.07) is 15.9. The average molecular weight is 355 g/mol. The van der Waals surface area contributed by atoms with Gasteiger partial charge in [0.2, 0.25) is 0 Å². The quantitative estimate of drug-likeness (QED) is 0.723. The lowest BCUT2D eigenvalue weighted by atomic mass is 10.1. The van der Waals surface area contributed by atoms with Gasteiger partial charge in [-0.1, -0.05) is 43.3 Å². The standard InChI is InChI=1S/C21H29N3O2/c1-4-13-26-20-11-9-18(10-12-20)15-23-21(25)22-14-17-5-7-19(8-6-17)16-24(2)3/h5-12H,4,13-16H2,1-3H3,(H2,22,23,25). The second-order valence-corrected chi connectivity index (χ2v) is 6.58. The Kier molecular flexibility index (Phi) is 7.96. The summed E-state index contributed by atoms with van der Waals surface area (Å²) in [6.45, 7) is 4.71. The van der Waals surface area contributed by atoms with E-state index in [-0.39, 0.29) is 6.03 Å². The molecule has 0 spiro atoms. The first-order chi connectivity index (χ1) is 12.6. The molecule has 5 nitrogen and oxygen atoms in total. The third kappa shape index (κ3) is 7.15. The second-order valence-electron chi connectivity index (χ2n) is 6.58. The number of ether oxygens (including phenoxy) is 1. The Balaban J connectivity index is 1.71. The maximum absolute atomic E-state index is 12.0. The number of carbonyl (C=O) groups excluding carboxylic acids is 1. The van der Waals surface area contributed by atoms with Gasteiger partial charge in [0.25, 0.3) is 0 Å². The van der Waals surface area contributed by atoms with Crippen LogP contribution in [0.5, 0.6) is 5.75 Å². The van der Waals surface area contributed by atoms with Crippen LogP contribution in [0.3, 0.4) is 0 Å². The van der Waals surface area contributed by atoms with Gasteiger partial charge >= 0.3 is 6.03 Å². The van der Waals surface area contributed by atoms with Gasteiger partial charge in [0.05, 0.1) is 6.61 Å². The Morgan fingerprint density at radius 2 is 1.38 bits per heavy atom. The van der Waals surface area contributed by atoms with E-state index in [1.165, 1.54) is 5.56 Å². The van der Waals surface area contributed by atoms with Crippen LogP contribution in [-0.2, 0) is 19.6 Å². The molecule has 2 aromatic carbocycles. The van der Waals surface area contributed by atoms with Gasteiger partial charge in [0.1, 0.15) is 5.75 Å². The van der Waals surface area contributed by atoms with Gasteiger partial charge in [-0.05, 0) is 49.3 Å². The maximum atomic E-state index is 12.0. The lowest BCUT2D eigenvalue weighted by molar-refractivity contribution is 0.240. The van der Waals surface area contributed by atoms with E-state index in [9.17, 15) is 4.79 Å². The molecule has 0 aliphatic heterocycles. The lowest BCUT2D eigenvalue weighted by Gasteiger charge is -2.11. The van der Waals surface area contributed by atoms with Crippen molar-refractivity contribution in [3.05, 3.63) is 65.2 Å². The molecular formula is C21H29N3O2. The molecule has 5 heteroatoms. The zero-order valence-corrected chi connectivity index (χ0v) is 15.9. The van der Waals surface area contributed by atoms with Crippen molar-refractivity contribution in [3.63, 3.8) is 0 Å². The van der Waals surface area contributed by atoms with Crippen LogP contribution in [-0.4, -0.2) is 31.6 Å². The normalized spacial score (nSPS) is 10.6. The molecule has 2 amide bonds. The van der Waals surface area contributed by atoms with E-state index in [2.05, 4.69) is 34.6 Å². The molecule has 2 rings (SSSR count). The van der Waals surface area contributed by atoms with Crippen LogP contribution in [0.25, 0.3) is 0 Å². The number of hydrogen-bond acceptors (Lipinski definition) is 3. The van der Waals surface area contributed by atoms with Gasteiger partial charge in [-0.3, -0.25) is 0 Å². The summed E-state index contributed by atoms with van der Waals surface area (Å²) in [5, 5.41) is 5.76. The van der Waals surface area contributed by atoms with E-state index in [1.807, 2.05) is 50.5 Å². The van der Waals surface area contributed by atoms with Crippen LogP contribution >= 0.6 is 0 Å². The number of hydrogen-bond donors (Lipinski definition) is 2. The largest absolute Gasteiger partial charge is 0.494 e. The molecule has 26 heavy (non-hydrogen) atoms. The molecule has 0 unspecified atom stereocenters. The van der Waals surface area contributed by atoms with Crippen molar-refractivity contribution >= 4 is 6.03 Å². The summed E-state index contributed by atoms with van der Waals surface area (Å²) in [6.07, 6.45) is 0.988. The Hall–Kier alpha value is -2.53. The van der Waals surface area contributed by atoms with Crippen LogP contribution in [0, 0.1) is 0 Å². The number of amides is 2. The number of nitrogens with one attached hydrogen (secondary N) is 2. The first-order valence-corrected chi connectivity index (χ1v) is 9.03. The summed E-state index contributed by atoms with van der Waals surface area (Å²) in [4.78, 5) is 14.1. The number of benzene rings is 2. The maximum Gasteiger partial charge on any atom is 0.315 e. The van der Waals surface area contributed by atoms with E-state index in [4.69, 9.17) is 4.74 Å². The number of urea groups is 1. The number of nitrogens with zero attached hydrogens (tertiary/aromatic N) is 1. The van der Waals surface area contributed by atoms with Crippen LogP contribution in [0.15, 0.2) is 48.5 Å². The molecule has 0 saturated heterocycles. The Labute approximate surface area is 156 Å². The fourth-order valence-electron chi connectivity index (χ4n) is 2.48. The van der Waals surface area contributed by atoms with Crippen molar-refractivity contribution in [1.82, 2.24) is 15.5 Å². The molecule has 2 N–H and O–H groups in total. The third-order valence-corrected chi connectivity index (χ3v) is 3.82. The number of carbonyl (C=O) groups is 1. The van der Waals surface area contributed by atoms with Gasteiger partial charge in [-0.25, -0.2) is 4.79 Å². The van der Waals surface area contributed by atoms with E-state index in [0.29, 0.717) is 13.1 Å². The van der Waals surface area contributed by atoms with Crippen LogP contribution in [0.4, 0.5) is 4.79 Å². The molecule has 0 aliphatic carbocycles. The molecule has 0 radical (unpaired) electrons. The smallest absolute Gasteiger partial charge is 0.315 e. The molecule has 140 valence electrons. The molecule has 0 aromatic heterocycles. The zero-order chi connectivity index (χ0) is 18.8. The summed E-state index contributed by atoms with van der Waals surface area (Å²) < 4.78 is 5.55. The predicted molar refractivity (Wildman–Crippen MR) is 105 cm³/mol. The summed E-state index contributed by atoms with van der Waals surface area (Å²) in [7, 11) is 4.09. The van der Waals surface area contributed by atoms with Gasteiger partial charge in [0, 0.05) is 19.6 Å². The SMILES string of the molecule is CCCOc1ccc(CNC(=O)NCc2ccc(CN(C)C)cc2)cc1. The minimum absolute atomic E-state index is 0.173. The highest BCUT2D eigenvalue weighted by molar-refractivity contribution is 5.73. The van der Waals surface area contributed by atoms with E-state index in [0.717, 1.165) is 36.4 Å². The number of rotatable bonds is 9. The zero-order valence-electron chi connectivity index (χ0n) is 15.9. The van der Waals surface area contributed by atoms with Gasteiger partial charge in [-0.15, -0.1) is 0 Å². The van der Waals surface area contributed by atoms with Crippen LogP contribution < -0.4 is 15.4 Å². The lowest BCUT2D eigenvalue weighted by Crippen LogP contribution is -2.34. The monoisotopic (exact) mass is 355 g/mol. The molecule has 2 aromatic rings. The van der Waals surface area contributed by atoms with Crippen molar-refractivity contribution < 1.29 is 9.53 Å². The molecule has 0 saturated carbocycles. The van der Waals surface area contributed by atoms with Crippen molar-refractivity contribution in [2.24, 2.45) is 0 Å². The van der Waals surface area contributed by atoms with E-state index in [1.54, 1.807) is 0 Å². The fourth-order valence-corrected chi connectivity index (χ4v) is 2.48. The molecule has 0 heterocycles. The van der Waals surface area contributed by atoms with Gasteiger partial charge in [0.15, 0.2) is 0 Å². The van der Waals surface area contributed by atoms with Gasteiger partial charge in [-0.2, -0.15) is 0 Å². The Morgan fingerprint density at radius 3 is 1.88 bits per heavy atom. The molecule has 0 aliphatic rings. The van der Waals surface area contributed by atoms with Crippen molar-refractivity contribution in [3.8, 4) is 5.75 Å². The Bertz CT molecular complexity index is 667. The minimum atomic E-state index is -0.173. The van der Waals surface area contributed by atoms with E-state index >= 15 is 0 Å². The first kappa shape index (κ1) is 19.8. The summed E-state index contributed by atoms with van der Waals surface area (Å²) in [5.41, 5.74) is 3.38.